The Bertz CT molecular complexity index is 493. The van der Waals surface area contributed by atoms with Gasteiger partial charge in [-0.15, -0.1) is 0 Å². The third-order valence-corrected chi connectivity index (χ3v) is 3.64. The number of aliphatic carboxylic acids is 1. The summed E-state index contributed by atoms with van der Waals surface area (Å²) in [5.41, 5.74) is 1.95. The van der Waals surface area contributed by atoms with Gasteiger partial charge in [0.2, 0.25) is 0 Å². The highest BCUT2D eigenvalue weighted by Gasteiger charge is 2.17. The van der Waals surface area contributed by atoms with E-state index in [1.807, 2.05) is 24.0 Å². The number of aromatic nitrogens is 1. The van der Waals surface area contributed by atoms with Crippen molar-refractivity contribution in [2.24, 2.45) is 0 Å². The molecule has 0 amide bonds. The van der Waals surface area contributed by atoms with Gasteiger partial charge in [0.1, 0.15) is 5.75 Å². The van der Waals surface area contributed by atoms with Crippen LogP contribution in [0.1, 0.15) is 17.8 Å². The molecule has 0 atom stereocenters. The molecule has 0 aromatic carbocycles. The highest BCUT2D eigenvalue weighted by Crippen LogP contribution is 2.15. The van der Waals surface area contributed by atoms with Crippen molar-refractivity contribution in [3.05, 3.63) is 23.5 Å². The van der Waals surface area contributed by atoms with Gasteiger partial charge in [0.25, 0.3) is 0 Å². The number of hydrogen-bond donors (Lipinski definition) is 1. The topological polar surface area (TPSA) is 65.9 Å². The highest BCUT2D eigenvalue weighted by atomic mass is 16.5. The molecular weight excluding hydrogens is 270 g/mol. The summed E-state index contributed by atoms with van der Waals surface area (Å²) in [6, 6.07) is 3.88. The molecular formula is C15H23N3O3. The third kappa shape index (κ3) is 4.99. The van der Waals surface area contributed by atoms with Crippen molar-refractivity contribution in [2.45, 2.75) is 19.9 Å². The van der Waals surface area contributed by atoms with E-state index in [9.17, 15) is 4.79 Å². The van der Waals surface area contributed by atoms with Gasteiger partial charge in [-0.25, -0.2) is 0 Å². The van der Waals surface area contributed by atoms with Crippen molar-refractivity contribution < 1.29 is 14.6 Å². The molecule has 0 saturated carbocycles. The minimum absolute atomic E-state index is 0.129. The average Bonchev–Trinajstić information content (AvgIpc) is 2.63. The van der Waals surface area contributed by atoms with Crippen LogP contribution in [0.4, 0.5) is 0 Å². The second-order valence-corrected chi connectivity index (χ2v) is 5.44. The molecule has 1 aliphatic rings. The number of methoxy groups -OCH3 is 1. The van der Waals surface area contributed by atoms with E-state index < -0.39 is 5.97 Å². The van der Waals surface area contributed by atoms with Crippen LogP contribution < -0.4 is 4.74 Å². The summed E-state index contributed by atoms with van der Waals surface area (Å²) >= 11 is 0. The number of hydrogen-bond acceptors (Lipinski definition) is 5. The van der Waals surface area contributed by atoms with Gasteiger partial charge in [0, 0.05) is 44.0 Å². The molecule has 2 heterocycles. The number of ether oxygens (including phenoxy) is 1. The standard InChI is InChI=1S/C15H23N3O3/c1-12-8-14(21-2)9-13(16-12)10-17-4-3-5-18(7-6-17)11-15(19)20/h8-9H,3-7,10-11H2,1-2H3,(H,19,20). The van der Waals surface area contributed by atoms with Gasteiger partial charge in [-0.05, 0) is 19.9 Å². The number of carboxylic acid groups (broad SMARTS) is 1. The van der Waals surface area contributed by atoms with E-state index in [-0.39, 0.29) is 6.54 Å². The SMILES string of the molecule is COc1cc(C)nc(CN2CCCN(CC(=O)O)CC2)c1. The summed E-state index contributed by atoms with van der Waals surface area (Å²) in [5, 5.41) is 8.87. The normalized spacial score (nSPS) is 17.4. The zero-order valence-corrected chi connectivity index (χ0v) is 12.7. The van der Waals surface area contributed by atoms with Gasteiger partial charge in [-0.2, -0.15) is 0 Å². The number of nitrogens with zero attached hydrogens (tertiary/aromatic N) is 3. The molecule has 1 N–H and O–H groups in total. The number of rotatable bonds is 5. The van der Waals surface area contributed by atoms with Gasteiger partial charge in [-0.1, -0.05) is 0 Å². The zero-order chi connectivity index (χ0) is 15.2. The molecule has 0 aliphatic carbocycles. The maximum atomic E-state index is 10.8. The first-order chi connectivity index (χ1) is 10.1. The smallest absolute Gasteiger partial charge is 0.317 e. The van der Waals surface area contributed by atoms with Crippen molar-refractivity contribution in [1.29, 1.82) is 0 Å². The van der Waals surface area contributed by atoms with Crippen LogP contribution >= 0.6 is 0 Å². The van der Waals surface area contributed by atoms with E-state index >= 15 is 0 Å². The Labute approximate surface area is 125 Å². The summed E-state index contributed by atoms with van der Waals surface area (Å²) in [6.45, 7) is 6.33. The van der Waals surface area contributed by atoms with E-state index in [2.05, 4.69) is 9.88 Å². The minimum Gasteiger partial charge on any atom is -0.497 e. The lowest BCUT2D eigenvalue weighted by Crippen LogP contribution is -2.34. The number of carbonyl (C=O) groups is 1. The van der Waals surface area contributed by atoms with Crippen LogP contribution in [-0.4, -0.2) is 65.7 Å². The summed E-state index contributed by atoms with van der Waals surface area (Å²) in [7, 11) is 1.66. The van der Waals surface area contributed by atoms with Crippen molar-refractivity contribution in [3.63, 3.8) is 0 Å². The average molecular weight is 293 g/mol. The van der Waals surface area contributed by atoms with Crippen molar-refractivity contribution >= 4 is 5.97 Å². The number of pyridine rings is 1. The van der Waals surface area contributed by atoms with Crippen LogP contribution in [0.5, 0.6) is 5.75 Å². The summed E-state index contributed by atoms with van der Waals surface area (Å²) in [4.78, 5) is 19.6. The lowest BCUT2D eigenvalue weighted by Gasteiger charge is -2.20. The second kappa shape index (κ2) is 7.38. The van der Waals surface area contributed by atoms with Gasteiger partial charge in [0.05, 0.1) is 19.3 Å². The molecule has 1 fully saturated rings. The molecule has 116 valence electrons. The quantitative estimate of drug-likeness (QED) is 0.873. The largest absolute Gasteiger partial charge is 0.497 e. The van der Waals surface area contributed by atoms with Crippen LogP contribution in [-0.2, 0) is 11.3 Å². The molecule has 0 radical (unpaired) electrons. The molecule has 21 heavy (non-hydrogen) atoms. The van der Waals surface area contributed by atoms with Crippen LogP contribution in [0.15, 0.2) is 12.1 Å². The number of carboxylic acids is 1. The zero-order valence-electron chi connectivity index (χ0n) is 12.7. The predicted molar refractivity (Wildman–Crippen MR) is 79.5 cm³/mol. The summed E-state index contributed by atoms with van der Waals surface area (Å²) < 4.78 is 5.28. The Kier molecular flexibility index (Phi) is 5.52. The van der Waals surface area contributed by atoms with E-state index in [1.54, 1.807) is 7.11 Å². The van der Waals surface area contributed by atoms with Crippen molar-refractivity contribution in [2.75, 3.05) is 39.8 Å². The minimum atomic E-state index is -0.756. The second-order valence-electron chi connectivity index (χ2n) is 5.44. The molecule has 0 unspecified atom stereocenters. The fourth-order valence-electron chi connectivity index (χ4n) is 2.66. The van der Waals surface area contributed by atoms with Gasteiger partial charge in [0.15, 0.2) is 0 Å². The summed E-state index contributed by atoms with van der Waals surface area (Å²) in [5.74, 6) is 0.0772. The molecule has 6 heteroatoms. The Morgan fingerprint density at radius 3 is 2.71 bits per heavy atom. The molecule has 1 aliphatic heterocycles. The van der Waals surface area contributed by atoms with Gasteiger partial charge in [-0.3, -0.25) is 19.6 Å². The lowest BCUT2D eigenvalue weighted by atomic mass is 10.2. The first kappa shape index (κ1) is 15.7. The molecule has 1 saturated heterocycles. The van der Waals surface area contributed by atoms with E-state index in [1.165, 1.54) is 0 Å². The van der Waals surface area contributed by atoms with Crippen LogP contribution in [0, 0.1) is 6.92 Å². The summed E-state index contributed by atoms with van der Waals surface area (Å²) in [6.07, 6.45) is 0.982. The van der Waals surface area contributed by atoms with Crippen molar-refractivity contribution in [3.8, 4) is 5.75 Å². The predicted octanol–water partition coefficient (Wildman–Crippen LogP) is 0.991. The van der Waals surface area contributed by atoms with E-state index in [4.69, 9.17) is 9.84 Å². The number of aryl methyl sites for hydroxylation is 1. The fraction of sp³-hybridized carbons (Fsp3) is 0.600. The fourth-order valence-corrected chi connectivity index (χ4v) is 2.66. The molecule has 6 nitrogen and oxygen atoms in total. The first-order valence-electron chi connectivity index (χ1n) is 7.25. The highest BCUT2D eigenvalue weighted by molar-refractivity contribution is 5.69. The molecule has 0 bridgehead atoms. The molecule has 1 aromatic heterocycles. The van der Waals surface area contributed by atoms with Crippen molar-refractivity contribution in [1.82, 2.24) is 14.8 Å². The van der Waals surface area contributed by atoms with Gasteiger partial charge >= 0.3 is 5.97 Å². The first-order valence-corrected chi connectivity index (χ1v) is 7.25. The van der Waals surface area contributed by atoms with E-state index in [0.717, 1.165) is 56.3 Å². The van der Waals surface area contributed by atoms with E-state index in [0.29, 0.717) is 0 Å². The third-order valence-electron chi connectivity index (χ3n) is 3.64. The maximum absolute atomic E-state index is 10.8. The Morgan fingerprint density at radius 1 is 1.29 bits per heavy atom. The monoisotopic (exact) mass is 293 g/mol. The maximum Gasteiger partial charge on any atom is 0.317 e. The van der Waals surface area contributed by atoms with Crippen LogP contribution in [0.3, 0.4) is 0 Å². The molecule has 1 aromatic rings. The Hall–Kier alpha value is -1.66. The van der Waals surface area contributed by atoms with Crippen LogP contribution in [0.25, 0.3) is 0 Å². The van der Waals surface area contributed by atoms with Gasteiger partial charge < -0.3 is 9.84 Å². The Morgan fingerprint density at radius 2 is 2.00 bits per heavy atom. The molecule has 2 rings (SSSR count). The molecule has 0 spiro atoms. The Balaban J connectivity index is 1.94. The lowest BCUT2D eigenvalue weighted by molar-refractivity contribution is -0.138. The van der Waals surface area contributed by atoms with Crippen LogP contribution in [0.2, 0.25) is 0 Å².